The number of piperidine rings is 1. The zero-order valence-corrected chi connectivity index (χ0v) is 39.1. The number of carbonyl (C=O) groups is 4. The standard InChI is InChI=1S/C51H59N9O9/c1-3-47(62)59-20-19-58(30-36(59)15-17-52)48-41-16-18-57(44-10-6-8-34-7-4-5-9-40(34)44)32-43(41)53-51(55-48)69-33-37-27-39(31-56(37)2)68-26-24-66-22-21-65-23-25-67-38-12-11-35-29-60(50(64)42(35)28-38)45-13-14-46(61)54-49(45)63/h3-12,28,36-37,39,45H,1,13-16,18-27,29-33H2,2H3,(H,54,61,63)/t36-,37-,39+,45?/m0/s1. The molecule has 6 heterocycles. The molecule has 0 spiro atoms. The first kappa shape index (κ1) is 47.4. The highest BCUT2D eigenvalue weighted by molar-refractivity contribution is 6.05. The summed E-state index contributed by atoms with van der Waals surface area (Å²) in [6.07, 6.45) is 3.57. The molecule has 362 valence electrons. The van der Waals surface area contributed by atoms with Crippen LogP contribution < -0.4 is 24.6 Å². The Kier molecular flexibility index (Phi) is 14.9. The van der Waals surface area contributed by atoms with E-state index < -0.39 is 11.9 Å². The van der Waals surface area contributed by atoms with E-state index in [0.29, 0.717) is 96.1 Å². The SMILES string of the molecule is C=CC(=O)N1CCN(c2nc(OC[C@@H]3C[C@@H](OCCOCCOCCOc4ccc5c(c4)C(=O)N(C4CCC(=O)NC4=O)C5)CN3C)nc3c2CCN(c2cccc4ccccc24)C3)C[C@@H]1CC#N. The van der Waals surface area contributed by atoms with Crippen molar-refractivity contribution < 1.29 is 42.9 Å². The van der Waals surface area contributed by atoms with Gasteiger partial charge < -0.3 is 43.3 Å². The third-order valence-corrected chi connectivity index (χ3v) is 13.7. The van der Waals surface area contributed by atoms with Crippen molar-refractivity contribution in [3.05, 3.63) is 95.7 Å². The number of piperazine rings is 1. The molecular formula is C51H59N9O9. The highest BCUT2D eigenvalue weighted by Gasteiger charge is 2.40. The first-order valence-electron chi connectivity index (χ1n) is 23.8. The second-order valence-corrected chi connectivity index (χ2v) is 18.0. The number of hydrogen-bond acceptors (Lipinski definition) is 15. The zero-order chi connectivity index (χ0) is 47.9. The minimum absolute atomic E-state index is 0.0107. The minimum atomic E-state index is -0.658. The quantitative estimate of drug-likeness (QED) is 0.0814. The highest BCUT2D eigenvalue weighted by atomic mass is 16.6. The second-order valence-electron chi connectivity index (χ2n) is 18.0. The fourth-order valence-electron chi connectivity index (χ4n) is 10.1. The maximum Gasteiger partial charge on any atom is 0.318 e. The van der Waals surface area contributed by atoms with E-state index in [2.05, 4.69) is 82.2 Å². The summed E-state index contributed by atoms with van der Waals surface area (Å²) in [5.74, 6) is 0.177. The molecule has 5 aliphatic heterocycles. The smallest absolute Gasteiger partial charge is 0.318 e. The van der Waals surface area contributed by atoms with Crippen LogP contribution in [0.5, 0.6) is 11.8 Å². The highest BCUT2D eigenvalue weighted by Crippen LogP contribution is 2.36. The van der Waals surface area contributed by atoms with Crippen molar-refractivity contribution in [2.45, 2.75) is 69.4 Å². The Bertz CT molecular complexity index is 2600. The number of fused-ring (bicyclic) bond motifs is 3. The Morgan fingerprint density at radius 3 is 2.52 bits per heavy atom. The van der Waals surface area contributed by atoms with Crippen molar-refractivity contribution >= 4 is 45.9 Å². The van der Waals surface area contributed by atoms with Crippen LogP contribution in [0, 0.1) is 11.3 Å². The molecule has 1 unspecified atom stereocenters. The van der Waals surface area contributed by atoms with E-state index in [1.54, 1.807) is 17.0 Å². The number of carbonyl (C=O) groups excluding carboxylic acids is 4. The van der Waals surface area contributed by atoms with Crippen LogP contribution >= 0.6 is 0 Å². The number of likely N-dealkylation sites (N-methyl/N-ethyl adjacent to an activating group) is 1. The van der Waals surface area contributed by atoms with Crippen molar-refractivity contribution in [2.75, 3.05) is 95.8 Å². The number of rotatable bonds is 19. The van der Waals surface area contributed by atoms with Gasteiger partial charge >= 0.3 is 6.01 Å². The first-order chi connectivity index (χ1) is 33.7. The van der Waals surface area contributed by atoms with Crippen molar-refractivity contribution in [3.8, 4) is 17.8 Å². The van der Waals surface area contributed by atoms with Crippen LogP contribution in [0.4, 0.5) is 11.5 Å². The fraction of sp³-hybridized carbons (Fsp3) is 0.471. The van der Waals surface area contributed by atoms with E-state index in [1.165, 1.54) is 21.7 Å². The van der Waals surface area contributed by atoms with E-state index in [-0.39, 0.29) is 55.4 Å². The average molecular weight is 942 g/mol. The molecule has 5 aliphatic rings. The molecule has 0 aliphatic carbocycles. The van der Waals surface area contributed by atoms with Crippen LogP contribution in [0.1, 0.15) is 52.9 Å². The van der Waals surface area contributed by atoms with E-state index in [9.17, 15) is 24.4 Å². The van der Waals surface area contributed by atoms with Crippen molar-refractivity contribution in [2.24, 2.45) is 0 Å². The van der Waals surface area contributed by atoms with Gasteiger partial charge in [0.1, 0.15) is 30.8 Å². The number of benzene rings is 3. The van der Waals surface area contributed by atoms with Gasteiger partial charge in [0.2, 0.25) is 17.7 Å². The summed E-state index contributed by atoms with van der Waals surface area (Å²) in [5, 5.41) is 14.4. The van der Waals surface area contributed by atoms with Gasteiger partial charge in [-0.2, -0.15) is 15.2 Å². The van der Waals surface area contributed by atoms with Gasteiger partial charge in [-0.3, -0.25) is 29.4 Å². The molecule has 4 amide bonds. The lowest BCUT2D eigenvalue weighted by atomic mass is 10.0. The number of nitrogens with one attached hydrogen (secondary N) is 1. The minimum Gasteiger partial charge on any atom is -0.491 e. The molecule has 3 fully saturated rings. The monoisotopic (exact) mass is 941 g/mol. The molecular weight excluding hydrogens is 883 g/mol. The summed E-state index contributed by atoms with van der Waals surface area (Å²) in [6.45, 7) is 10.3. The molecule has 1 aromatic heterocycles. The third kappa shape index (κ3) is 10.8. The van der Waals surface area contributed by atoms with E-state index >= 15 is 0 Å². The van der Waals surface area contributed by atoms with Gasteiger partial charge in [0.25, 0.3) is 5.91 Å². The maximum absolute atomic E-state index is 13.1. The number of nitriles is 1. The summed E-state index contributed by atoms with van der Waals surface area (Å²) >= 11 is 0. The predicted molar refractivity (Wildman–Crippen MR) is 255 cm³/mol. The molecule has 3 aromatic carbocycles. The Hall–Kier alpha value is -6.65. The van der Waals surface area contributed by atoms with Crippen LogP contribution in [-0.2, 0) is 48.1 Å². The number of anilines is 2. The van der Waals surface area contributed by atoms with Crippen LogP contribution in [0.25, 0.3) is 10.8 Å². The van der Waals surface area contributed by atoms with Gasteiger partial charge in [0.05, 0.1) is 69.9 Å². The predicted octanol–water partition coefficient (Wildman–Crippen LogP) is 3.65. The molecule has 0 radical (unpaired) electrons. The van der Waals surface area contributed by atoms with Gasteiger partial charge in [-0.05, 0) is 61.5 Å². The van der Waals surface area contributed by atoms with E-state index in [1.807, 2.05) is 6.07 Å². The summed E-state index contributed by atoms with van der Waals surface area (Å²) in [4.78, 5) is 69.9. The first-order valence-corrected chi connectivity index (χ1v) is 23.8. The summed E-state index contributed by atoms with van der Waals surface area (Å²) in [5.41, 5.74) is 4.46. The lowest BCUT2D eigenvalue weighted by molar-refractivity contribution is -0.137. The maximum atomic E-state index is 13.1. The van der Waals surface area contributed by atoms with E-state index in [0.717, 1.165) is 54.3 Å². The number of aromatic nitrogens is 2. The average Bonchev–Trinajstić information content (AvgIpc) is 3.89. The van der Waals surface area contributed by atoms with Crippen LogP contribution in [0.2, 0.25) is 0 Å². The third-order valence-electron chi connectivity index (χ3n) is 13.7. The van der Waals surface area contributed by atoms with E-state index in [4.69, 9.17) is 33.7 Å². The number of amides is 4. The van der Waals surface area contributed by atoms with Gasteiger partial charge in [0.15, 0.2) is 0 Å². The number of imide groups is 1. The summed E-state index contributed by atoms with van der Waals surface area (Å²) in [7, 11) is 2.07. The fourth-order valence-corrected chi connectivity index (χ4v) is 10.1. The summed E-state index contributed by atoms with van der Waals surface area (Å²) in [6, 6.07) is 21.8. The van der Waals surface area contributed by atoms with Gasteiger partial charge in [0, 0.05) is 73.9 Å². The Morgan fingerprint density at radius 2 is 1.70 bits per heavy atom. The summed E-state index contributed by atoms with van der Waals surface area (Å²) < 4.78 is 30.0. The topological polar surface area (TPSA) is 192 Å². The number of nitrogens with zero attached hydrogens (tertiary/aromatic N) is 8. The molecule has 0 saturated carbocycles. The molecule has 9 rings (SSSR count). The lowest BCUT2D eigenvalue weighted by Crippen LogP contribution is -2.55. The molecule has 69 heavy (non-hydrogen) atoms. The molecule has 3 saturated heterocycles. The molecule has 0 bridgehead atoms. The largest absolute Gasteiger partial charge is 0.491 e. The Morgan fingerprint density at radius 1 is 0.884 bits per heavy atom. The van der Waals surface area contributed by atoms with Crippen LogP contribution in [0.15, 0.2) is 73.3 Å². The van der Waals surface area contributed by atoms with Crippen molar-refractivity contribution in [3.63, 3.8) is 0 Å². The Balaban J connectivity index is 0.725. The van der Waals surface area contributed by atoms with Gasteiger partial charge in [-0.1, -0.05) is 49.0 Å². The van der Waals surface area contributed by atoms with Gasteiger partial charge in [-0.15, -0.1) is 0 Å². The molecule has 4 atom stereocenters. The van der Waals surface area contributed by atoms with Crippen LogP contribution in [0.3, 0.4) is 0 Å². The molecule has 18 heteroatoms. The Labute approximate surface area is 401 Å². The normalized spacial score (nSPS) is 21.5. The second kappa shape index (κ2) is 21.8. The van der Waals surface area contributed by atoms with Gasteiger partial charge in [-0.25, -0.2) is 0 Å². The number of likely N-dealkylation sites (tertiary alicyclic amines) is 1. The lowest BCUT2D eigenvalue weighted by Gasteiger charge is -2.42. The van der Waals surface area contributed by atoms with Crippen LogP contribution in [-0.4, -0.2) is 159 Å². The molecule has 18 nitrogen and oxygen atoms in total. The van der Waals surface area contributed by atoms with Crippen molar-refractivity contribution in [1.29, 1.82) is 5.26 Å². The molecule has 1 N–H and O–H groups in total. The number of hydrogen-bond donors (Lipinski definition) is 1. The molecule has 4 aromatic rings. The van der Waals surface area contributed by atoms with Crippen molar-refractivity contribution in [1.82, 2.24) is 30.0 Å². The zero-order valence-electron chi connectivity index (χ0n) is 39.1. The number of ether oxygens (including phenoxy) is 5.